The standard InChI is InChI=1S/C23H24ClF3N2O7/c1-31-15-10-18(28-20(24)11-15)22-5-6-29(12-19(22)34-13-36-22)21(30)14-3-4-16(17(9-14)32-2)33-7-8-35-23(25,26)27/h3-4,9-11,19H,5-8,12-13H2,1-2H3. The highest BCUT2D eigenvalue weighted by Crippen LogP contribution is 2.43. The second-order valence-electron chi connectivity index (χ2n) is 8.03. The van der Waals surface area contributed by atoms with Crippen LogP contribution in [0, 0.1) is 0 Å². The largest absolute Gasteiger partial charge is 0.522 e. The summed E-state index contributed by atoms with van der Waals surface area (Å²) in [7, 11) is 2.90. The maximum Gasteiger partial charge on any atom is 0.522 e. The van der Waals surface area contributed by atoms with Gasteiger partial charge in [-0.05, 0) is 18.2 Å². The molecule has 2 unspecified atom stereocenters. The second kappa shape index (κ2) is 10.7. The van der Waals surface area contributed by atoms with Gasteiger partial charge in [-0.1, -0.05) is 11.6 Å². The quantitative estimate of drug-likeness (QED) is 0.375. The molecule has 0 N–H and O–H groups in total. The molecule has 2 fully saturated rings. The Morgan fingerprint density at radius 1 is 1.19 bits per heavy atom. The van der Waals surface area contributed by atoms with Crippen LogP contribution in [0.15, 0.2) is 30.3 Å². The van der Waals surface area contributed by atoms with Gasteiger partial charge in [0, 0.05) is 30.7 Å². The van der Waals surface area contributed by atoms with E-state index in [2.05, 4.69) is 9.72 Å². The molecule has 36 heavy (non-hydrogen) atoms. The first-order chi connectivity index (χ1) is 17.1. The van der Waals surface area contributed by atoms with Crippen molar-refractivity contribution in [3.8, 4) is 17.2 Å². The van der Waals surface area contributed by atoms with Gasteiger partial charge in [0.2, 0.25) is 0 Å². The molecular formula is C23H24ClF3N2O7. The fourth-order valence-corrected chi connectivity index (χ4v) is 4.44. The van der Waals surface area contributed by atoms with Crippen molar-refractivity contribution >= 4 is 17.5 Å². The van der Waals surface area contributed by atoms with Crippen molar-refractivity contribution in [2.24, 2.45) is 0 Å². The number of rotatable bonds is 8. The third-order valence-electron chi connectivity index (χ3n) is 5.99. The summed E-state index contributed by atoms with van der Waals surface area (Å²) in [5.41, 5.74) is 0.0156. The van der Waals surface area contributed by atoms with Crippen molar-refractivity contribution in [2.45, 2.75) is 24.5 Å². The highest BCUT2D eigenvalue weighted by atomic mass is 35.5. The van der Waals surface area contributed by atoms with Gasteiger partial charge in [0.15, 0.2) is 11.5 Å². The van der Waals surface area contributed by atoms with Gasteiger partial charge in [-0.15, -0.1) is 13.2 Å². The van der Waals surface area contributed by atoms with Gasteiger partial charge in [-0.25, -0.2) is 4.98 Å². The minimum atomic E-state index is -4.74. The molecule has 9 nitrogen and oxygen atoms in total. The van der Waals surface area contributed by atoms with E-state index in [0.717, 1.165) is 0 Å². The van der Waals surface area contributed by atoms with Gasteiger partial charge in [-0.2, -0.15) is 0 Å². The number of pyridine rings is 1. The summed E-state index contributed by atoms with van der Waals surface area (Å²) in [5, 5.41) is 0.255. The van der Waals surface area contributed by atoms with E-state index < -0.39 is 24.7 Å². The number of fused-ring (bicyclic) bond motifs is 1. The van der Waals surface area contributed by atoms with Crippen molar-refractivity contribution in [2.75, 3.05) is 47.3 Å². The van der Waals surface area contributed by atoms with E-state index in [1.165, 1.54) is 32.4 Å². The summed E-state index contributed by atoms with van der Waals surface area (Å²) < 4.78 is 67.7. The highest BCUT2D eigenvalue weighted by Gasteiger charge is 2.52. The number of piperidine rings is 1. The number of carbonyl (C=O) groups is 1. The third kappa shape index (κ3) is 5.61. The van der Waals surface area contributed by atoms with Gasteiger partial charge in [0.05, 0.1) is 33.1 Å². The number of aromatic nitrogens is 1. The summed E-state index contributed by atoms with van der Waals surface area (Å²) in [6.45, 7) is -0.394. The van der Waals surface area contributed by atoms with Crippen LogP contribution in [-0.2, 0) is 19.8 Å². The number of nitrogens with zero attached hydrogens (tertiary/aromatic N) is 2. The first kappa shape index (κ1) is 26.3. The third-order valence-corrected chi connectivity index (χ3v) is 6.18. The van der Waals surface area contributed by atoms with E-state index in [1.807, 2.05) is 0 Å². The molecule has 2 aliphatic rings. The Balaban J connectivity index is 1.45. The van der Waals surface area contributed by atoms with Gasteiger partial charge in [-0.3, -0.25) is 9.53 Å². The number of likely N-dealkylation sites (tertiary alicyclic amines) is 1. The fourth-order valence-electron chi connectivity index (χ4n) is 4.25. The lowest BCUT2D eigenvalue weighted by Gasteiger charge is -2.41. The summed E-state index contributed by atoms with van der Waals surface area (Å²) in [6, 6.07) is 7.79. The first-order valence-electron chi connectivity index (χ1n) is 10.9. The molecule has 0 aliphatic carbocycles. The monoisotopic (exact) mass is 532 g/mol. The molecule has 2 aromatic rings. The van der Waals surface area contributed by atoms with Crippen molar-refractivity contribution in [3.05, 3.63) is 46.7 Å². The lowest BCUT2D eigenvalue weighted by molar-refractivity contribution is -0.325. The molecule has 3 heterocycles. The number of methoxy groups -OCH3 is 2. The van der Waals surface area contributed by atoms with E-state index in [4.69, 9.17) is 35.3 Å². The molecule has 2 atom stereocenters. The molecule has 0 saturated carbocycles. The van der Waals surface area contributed by atoms with Gasteiger partial charge >= 0.3 is 6.36 Å². The molecule has 2 aliphatic heterocycles. The van der Waals surface area contributed by atoms with E-state index in [9.17, 15) is 18.0 Å². The Morgan fingerprint density at radius 3 is 2.72 bits per heavy atom. The van der Waals surface area contributed by atoms with E-state index >= 15 is 0 Å². The minimum Gasteiger partial charge on any atom is -0.497 e. The molecule has 0 radical (unpaired) electrons. The summed E-state index contributed by atoms with van der Waals surface area (Å²) in [5.74, 6) is 0.647. The zero-order valence-electron chi connectivity index (χ0n) is 19.5. The zero-order chi connectivity index (χ0) is 25.9. The molecule has 1 amide bonds. The molecule has 13 heteroatoms. The van der Waals surface area contributed by atoms with Gasteiger partial charge in [0.1, 0.15) is 36.0 Å². The molecule has 0 bridgehead atoms. The second-order valence-corrected chi connectivity index (χ2v) is 8.42. The predicted octanol–water partition coefficient (Wildman–Crippen LogP) is 3.78. The lowest BCUT2D eigenvalue weighted by atomic mass is 9.84. The number of benzene rings is 1. The van der Waals surface area contributed by atoms with Crippen molar-refractivity contribution in [3.63, 3.8) is 0 Å². The molecular weight excluding hydrogens is 509 g/mol. The SMILES string of the molecule is COc1cc(Cl)nc(C23CCN(C(=O)c4ccc(OCCOC(F)(F)F)c(OC)c4)CC2OCO3)c1. The van der Waals surface area contributed by atoms with Crippen LogP contribution in [0.4, 0.5) is 13.2 Å². The lowest BCUT2D eigenvalue weighted by Crippen LogP contribution is -2.53. The van der Waals surface area contributed by atoms with Crippen molar-refractivity contribution in [1.82, 2.24) is 9.88 Å². The average Bonchev–Trinajstić information content (AvgIpc) is 3.29. The van der Waals surface area contributed by atoms with Crippen molar-refractivity contribution < 1.29 is 46.4 Å². The van der Waals surface area contributed by atoms with Crippen LogP contribution < -0.4 is 14.2 Å². The Kier molecular flexibility index (Phi) is 7.79. The van der Waals surface area contributed by atoms with E-state index in [0.29, 0.717) is 30.0 Å². The summed E-state index contributed by atoms with van der Waals surface area (Å²) in [4.78, 5) is 19.3. The molecule has 1 aromatic carbocycles. The molecule has 1 aromatic heterocycles. The number of halogens is 4. The topological polar surface area (TPSA) is 88.6 Å². The van der Waals surface area contributed by atoms with E-state index in [-0.39, 0.29) is 42.5 Å². The number of carbonyl (C=O) groups excluding carboxylic acids is 1. The normalized spacial score (nSPS) is 21.7. The fraction of sp³-hybridized carbons (Fsp3) is 0.478. The smallest absolute Gasteiger partial charge is 0.497 e. The molecule has 0 spiro atoms. The van der Waals surface area contributed by atoms with Crippen molar-refractivity contribution in [1.29, 1.82) is 0 Å². The minimum absolute atomic E-state index is 0.0428. The molecule has 2 saturated heterocycles. The average molecular weight is 533 g/mol. The number of alkyl halides is 3. The Morgan fingerprint density at radius 2 is 2.00 bits per heavy atom. The van der Waals surface area contributed by atoms with Crippen LogP contribution in [-0.4, -0.2) is 75.6 Å². The predicted molar refractivity (Wildman–Crippen MR) is 119 cm³/mol. The van der Waals surface area contributed by atoms with Gasteiger partial charge in [0.25, 0.3) is 5.91 Å². The van der Waals surface area contributed by atoms with Gasteiger partial charge < -0.3 is 28.6 Å². The first-order valence-corrected chi connectivity index (χ1v) is 11.3. The number of amides is 1. The zero-order valence-corrected chi connectivity index (χ0v) is 20.2. The van der Waals surface area contributed by atoms with E-state index in [1.54, 1.807) is 17.0 Å². The molecule has 196 valence electrons. The van der Waals surface area contributed by atoms with Crippen LogP contribution in [0.3, 0.4) is 0 Å². The van der Waals surface area contributed by atoms with Crippen LogP contribution in [0.5, 0.6) is 17.2 Å². The summed E-state index contributed by atoms with van der Waals surface area (Å²) >= 11 is 6.16. The summed E-state index contributed by atoms with van der Waals surface area (Å²) in [6.07, 6.45) is -4.81. The number of hydrogen-bond donors (Lipinski definition) is 0. The molecule has 4 rings (SSSR count). The Bertz CT molecular complexity index is 1100. The number of hydrogen-bond acceptors (Lipinski definition) is 8. The van der Waals surface area contributed by atoms with Crippen LogP contribution >= 0.6 is 11.6 Å². The number of ether oxygens (including phenoxy) is 6. The van der Waals surface area contributed by atoms with Crippen LogP contribution in [0.25, 0.3) is 0 Å². The maximum atomic E-state index is 13.3. The van der Waals surface area contributed by atoms with Crippen LogP contribution in [0.1, 0.15) is 22.5 Å². The Hall–Kier alpha value is -2.80. The van der Waals surface area contributed by atoms with Crippen LogP contribution in [0.2, 0.25) is 5.15 Å². The Labute approximate surface area is 209 Å². The highest BCUT2D eigenvalue weighted by molar-refractivity contribution is 6.29. The maximum absolute atomic E-state index is 13.3.